The second-order valence-corrected chi connectivity index (χ2v) is 8.05. The second-order valence-electron chi connectivity index (χ2n) is 8.05. The maximum Gasteiger partial charge on any atom is 0.344 e. The van der Waals surface area contributed by atoms with Gasteiger partial charge in [-0.05, 0) is 54.3 Å². The maximum atomic E-state index is 12.8. The molecule has 0 N–H and O–H groups in total. The molecule has 162 valence electrons. The monoisotopic (exact) mass is 427 g/mol. The van der Waals surface area contributed by atoms with Crippen LogP contribution in [0.5, 0.6) is 11.5 Å². The topological polar surface area (TPSA) is 51.9 Å². The van der Waals surface area contributed by atoms with E-state index in [0.29, 0.717) is 24.4 Å². The summed E-state index contributed by atoms with van der Waals surface area (Å²) in [6.45, 7) is 2.16. The number of rotatable bonds is 6. The first-order valence-electron chi connectivity index (χ1n) is 10.8. The first-order valence-corrected chi connectivity index (χ1v) is 10.8. The highest BCUT2D eigenvalue weighted by Gasteiger charge is 2.22. The molecule has 0 fully saturated rings. The number of hydrogen-bond acceptors (Lipinski definition) is 5. The summed E-state index contributed by atoms with van der Waals surface area (Å²) in [6, 6.07) is 23.7. The summed E-state index contributed by atoms with van der Waals surface area (Å²) in [5.74, 6) is 1.54. The van der Waals surface area contributed by atoms with Crippen LogP contribution in [-0.2, 0) is 13.0 Å². The van der Waals surface area contributed by atoms with Gasteiger partial charge in [0.15, 0.2) is 0 Å². The van der Waals surface area contributed by atoms with Crippen molar-refractivity contribution in [3.05, 3.63) is 94.3 Å². The highest BCUT2D eigenvalue weighted by atomic mass is 16.5. The number of hydrogen-bond donors (Lipinski definition) is 0. The third kappa shape index (κ3) is 4.12. The van der Waals surface area contributed by atoms with Crippen molar-refractivity contribution in [1.82, 2.24) is 4.90 Å². The van der Waals surface area contributed by atoms with E-state index in [1.807, 2.05) is 48.5 Å². The molecule has 0 bridgehead atoms. The molecule has 5 nitrogen and oxygen atoms in total. The van der Waals surface area contributed by atoms with Gasteiger partial charge in [0.05, 0.1) is 18.2 Å². The molecule has 3 aromatic carbocycles. The van der Waals surface area contributed by atoms with Crippen LogP contribution >= 0.6 is 0 Å². The van der Waals surface area contributed by atoms with Crippen LogP contribution in [0.4, 0.5) is 0 Å². The molecule has 0 aliphatic carbocycles. The quantitative estimate of drug-likeness (QED) is 0.393. The van der Waals surface area contributed by atoms with Crippen LogP contribution in [0.1, 0.15) is 17.5 Å². The molecule has 1 aliphatic heterocycles. The van der Waals surface area contributed by atoms with Crippen molar-refractivity contribution in [2.45, 2.75) is 19.4 Å². The molecule has 0 saturated carbocycles. The van der Waals surface area contributed by atoms with Gasteiger partial charge in [-0.25, -0.2) is 4.79 Å². The van der Waals surface area contributed by atoms with Crippen molar-refractivity contribution in [1.29, 1.82) is 0 Å². The van der Waals surface area contributed by atoms with Crippen LogP contribution in [0.2, 0.25) is 0 Å². The molecular formula is C27H25NO4. The molecule has 4 aromatic rings. The first-order chi connectivity index (χ1) is 15.7. The van der Waals surface area contributed by atoms with Gasteiger partial charge in [0, 0.05) is 18.5 Å². The zero-order valence-corrected chi connectivity index (χ0v) is 18.0. The van der Waals surface area contributed by atoms with Crippen LogP contribution in [0, 0.1) is 0 Å². The van der Waals surface area contributed by atoms with Gasteiger partial charge in [-0.2, -0.15) is 0 Å². The van der Waals surface area contributed by atoms with Crippen LogP contribution in [0.3, 0.4) is 0 Å². The molecule has 0 spiro atoms. The SMILES string of the molecule is COc1ccc(-c2cc3ccc4c(c3oc2=O)CN(CCCc2ccccc2)CO4)cc1. The lowest BCUT2D eigenvalue weighted by Gasteiger charge is -2.29. The Balaban J connectivity index is 1.38. The van der Waals surface area contributed by atoms with E-state index < -0.39 is 0 Å². The van der Waals surface area contributed by atoms with E-state index in [1.54, 1.807) is 7.11 Å². The van der Waals surface area contributed by atoms with Gasteiger partial charge in [0.1, 0.15) is 23.8 Å². The van der Waals surface area contributed by atoms with Gasteiger partial charge in [-0.1, -0.05) is 42.5 Å². The smallest absolute Gasteiger partial charge is 0.344 e. The number of methoxy groups -OCH3 is 1. The van der Waals surface area contributed by atoms with Gasteiger partial charge in [-0.15, -0.1) is 0 Å². The Labute approximate surface area is 186 Å². The standard InChI is InChI=1S/C27H25NO4/c1-30-22-12-9-20(10-13-22)23-16-21-11-14-25-24(26(21)32-27(23)29)17-28(18-31-25)15-5-8-19-6-3-2-4-7-19/h2-4,6-7,9-14,16H,5,8,15,17-18H2,1H3. The zero-order chi connectivity index (χ0) is 21.9. The molecule has 5 rings (SSSR count). The predicted octanol–water partition coefficient (Wildman–Crippen LogP) is 5.25. The average molecular weight is 428 g/mol. The van der Waals surface area contributed by atoms with Crippen molar-refractivity contribution in [3.8, 4) is 22.6 Å². The molecule has 0 saturated heterocycles. The lowest BCUT2D eigenvalue weighted by Crippen LogP contribution is -2.33. The van der Waals surface area contributed by atoms with Crippen LogP contribution in [0.25, 0.3) is 22.1 Å². The Kier molecular flexibility index (Phi) is 5.65. The molecule has 0 unspecified atom stereocenters. The van der Waals surface area contributed by atoms with Gasteiger partial charge < -0.3 is 13.9 Å². The molecule has 5 heteroatoms. The Morgan fingerprint density at radius 2 is 1.81 bits per heavy atom. The molecule has 0 amide bonds. The first kappa shape index (κ1) is 20.3. The van der Waals surface area contributed by atoms with E-state index in [0.717, 1.165) is 47.4 Å². The molecule has 0 radical (unpaired) electrons. The zero-order valence-electron chi connectivity index (χ0n) is 18.0. The van der Waals surface area contributed by atoms with E-state index in [1.165, 1.54) is 5.56 Å². The fourth-order valence-electron chi connectivity index (χ4n) is 4.21. The van der Waals surface area contributed by atoms with Crippen LogP contribution in [0.15, 0.2) is 82.0 Å². The Morgan fingerprint density at radius 3 is 2.59 bits per heavy atom. The predicted molar refractivity (Wildman–Crippen MR) is 125 cm³/mol. The molecule has 0 atom stereocenters. The highest BCUT2D eigenvalue weighted by molar-refractivity contribution is 5.86. The van der Waals surface area contributed by atoms with Gasteiger partial charge in [-0.3, -0.25) is 4.90 Å². The summed E-state index contributed by atoms with van der Waals surface area (Å²) in [5, 5.41) is 0.893. The Bertz CT molecular complexity index is 1280. The van der Waals surface area contributed by atoms with Crippen molar-refractivity contribution in [2.24, 2.45) is 0 Å². The normalized spacial score (nSPS) is 13.5. The van der Waals surface area contributed by atoms with Gasteiger partial charge in [0.25, 0.3) is 0 Å². The summed E-state index contributed by atoms with van der Waals surface area (Å²) in [4.78, 5) is 15.1. The molecular weight excluding hydrogens is 402 g/mol. The fourth-order valence-corrected chi connectivity index (χ4v) is 4.21. The molecule has 32 heavy (non-hydrogen) atoms. The van der Waals surface area contributed by atoms with Crippen molar-refractivity contribution >= 4 is 11.0 Å². The van der Waals surface area contributed by atoms with E-state index in [9.17, 15) is 4.79 Å². The summed E-state index contributed by atoms with van der Waals surface area (Å²) in [5.41, 5.74) is 3.88. The summed E-state index contributed by atoms with van der Waals surface area (Å²) >= 11 is 0. The third-order valence-electron chi connectivity index (χ3n) is 5.93. The lowest BCUT2D eigenvalue weighted by atomic mass is 10.0. The van der Waals surface area contributed by atoms with Gasteiger partial charge in [0.2, 0.25) is 0 Å². The summed E-state index contributed by atoms with van der Waals surface area (Å²) in [7, 11) is 1.62. The van der Waals surface area contributed by atoms with Crippen molar-refractivity contribution in [3.63, 3.8) is 0 Å². The number of nitrogens with zero attached hydrogens (tertiary/aromatic N) is 1. The number of benzene rings is 3. The van der Waals surface area contributed by atoms with E-state index in [4.69, 9.17) is 13.9 Å². The Hall–Kier alpha value is -3.57. The van der Waals surface area contributed by atoms with Gasteiger partial charge >= 0.3 is 5.63 Å². The van der Waals surface area contributed by atoms with Crippen LogP contribution in [-0.4, -0.2) is 25.3 Å². The maximum absolute atomic E-state index is 12.8. The van der Waals surface area contributed by atoms with Crippen LogP contribution < -0.4 is 15.1 Å². The number of aryl methyl sites for hydroxylation is 1. The average Bonchev–Trinajstić information content (AvgIpc) is 2.84. The lowest BCUT2D eigenvalue weighted by molar-refractivity contribution is 0.0946. The van der Waals surface area contributed by atoms with E-state index in [-0.39, 0.29) is 5.63 Å². The van der Waals surface area contributed by atoms with E-state index in [2.05, 4.69) is 29.2 Å². The van der Waals surface area contributed by atoms with E-state index >= 15 is 0 Å². The minimum atomic E-state index is -0.350. The molecule has 1 aromatic heterocycles. The second kappa shape index (κ2) is 8.89. The number of ether oxygens (including phenoxy) is 2. The molecule has 2 heterocycles. The minimum Gasteiger partial charge on any atom is -0.497 e. The minimum absolute atomic E-state index is 0.350. The Morgan fingerprint density at radius 1 is 1.00 bits per heavy atom. The largest absolute Gasteiger partial charge is 0.497 e. The van der Waals surface area contributed by atoms with Crippen molar-refractivity contribution in [2.75, 3.05) is 20.4 Å². The third-order valence-corrected chi connectivity index (χ3v) is 5.93. The highest BCUT2D eigenvalue weighted by Crippen LogP contribution is 2.33. The summed E-state index contributed by atoms with van der Waals surface area (Å²) < 4.78 is 17.0. The van der Waals surface area contributed by atoms with Crippen molar-refractivity contribution < 1.29 is 13.9 Å². The summed E-state index contributed by atoms with van der Waals surface area (Å²) in [6.07, 6.45) is 2.07. The fraction of sp³-hybridized carbons (Fsp3) is 0.222. The molecule has 1 aliphatic rings. The number of fused-ring (bicyclic) bond motifs is 3.